The van der Waals surface area contributed by atoms with E-state index in [1.165, 1.54) is 11.3 Å². The van der Waals surface area contributed by atoms with Crippen molar-refractivity contribution in [1.29, 1.82) is 0 Å². The zero-order valence-electron chi connectivity index (χ0n) is 11.8. The molecule has 3 heteroatoms. The molecule has 1 aromatic carbocycles. The highest BCUT2D eigenvalue weighted by molar-refractivity contribution is 5.82. The lowest BCUT2D eigenvalue weighted by atomic mass is 9.80. The van der Waals surface area contributed by atoms with E-state index in [4.69, 9.17) is 4.74 Å². The van der Waals surface area contributed by atoms with Crippen LogP contribution in [0.25, 0.3) is 0 Å². The van der Waals surface area contributed by atoms with E-state index in [2.05, 4.69) is 32.7 Å². The molecule has 0 aromatic heterocycles. The van der Waals surface area contributed by atoms with Gasteiger partial charge in [-0.2, -0.15) is 0 Å². The Morgan fingerprint density at radius 3 is 2.67 bits per heavy atom. The fourth-order valence-corrected chi connectivity index (χ4v) is 2.88. The minimum Gasteiger partial charge on any atom is -0.496 e. The number of hydrogen-bond donors (Lipinski definition) is 0. The molecule has 0 bridgehead atoms. The smallest absolute Gasteiger partial charge is 0.153 e. The van der Waals surface area contributed by atoms with Crippen LogP contribution in [-0.2, 0) is 0 Å². The lowest BCUT2D eigenvalue weighted by molar-refractivity contribution is 0.112. The Kier molecular flexibility index (Phi) is 3.09. The monoisotopic (exact) mass is 247 g/mol. The number of carbonyl (C=O) groups is 1. The van der Waals surface area contributed by atoms with E-state index in [9.17, 15) is 4.79 Å². The normalized spacial score (nSPS) is 21.4. The zero-order valence-corrected chi connectivity index (χ0v) is 11.8. The number of nitrogens with zero attached hydrogens (tertiary/aromatic N) is 1. The first-order chi connectivity index (χ1) is 8.40. The van der Waals surface area contributed by atoms with Crippen molar-refractivity contribution in [3.63, 3.8) is 0 Å². The van der Waals surface area contributed by atoms with Crippen LogP contribution in [0.5, 0.6) is 5.75 Å². The number of fused-ring (bicyclic) bond motifs is 1. The third-order valence-corrected chi connectivity index (χ3v) is 4.11. The average Bonchev–Trinajstić information content (AvgIpc) is 2.34. The molecular formula is C15H21NO2. The van der Waals surface area contributed by atoms with Gasteiger partial charge in [-0.15, -0.1) is 0 Å². The van der Waals surface area contributed by atoms with Crippen molar-refractivity contribution in [2.75, 3.05) is 19.1 Å². The number of ether oxygens (including phenoxy) is 1. The van der Waals surface area contributed by atoms with E-state index in [0.29, 0.717) is 17.2 Å². The van der Waals surface area contributed by atoms with E-state index in [1.807, 2.05) is 12.1 Å². The van der Waals surface area contributed by atoms with Gasteiger partial charge in [0.05, 0.1) is 12.7 Å². The molecule has 1 aromatic rings. The van der Waals surface area contributed by atoms with Crippen LogP contribution in [0.1, 0.15) is 49.0 Å². The van der Waals surface area contributed by atoms with Crippen LogP contribution < -0.4 is 9.64 Å². The molecule has 0 N–H and O–H groups in total. The van der Waals surface area contributed by atoms with Crippen LogP contribution in [0.15, 0.2) is 12.1 Å². The predicted molar refractivity (Wildman–Crippen MR) is 73.9 cm³/mol. The molecule has 18 heavy (non-hydrogen) atoms. The van der Waals surface area contributed by atoms with Crippen LogP contribution in [0.3, 0.4) is 0 Å². The molecule has 0 saturated carbocycles. The highest BCUT2D eigenvalue weighted by Gasteiger charge is 2.34. The van der Waals surface area contributed by atoms with Crippen molar-refractivity contribution in [1.82, 2.24) is 0 Å². The molecule has 0 amide bonds. The third kappa shape index (κ3) is 1.88. The van der Waals surface area contributed by atoms with Gasteiger partial charge >= 0.3 is 0 Å². The fraction of sp³-hybridized carbons (Fsp3) is 0.533. The summed E-state index contributed by atoms with van der Waals surface area (Å²) < 4.78 is 5.30. The molecule has 1 aliphatic rings. The molecule has 98 valence electrons. The Bertz CT molecular complexity index is 480. The number of hydrogen-bond acceptors (Lipinski definition) is 3. The van der Waals surface area contributed by atoms with E-state index in [0.717, 1.165) is 12.7 Å². The Morgan fingerprint density at radius 2 is 2.11 bits per heavy atom. The van der Waals surface area contributed by atoms with Gasteiger partial charge in [-0.05, 0) is 37.8 Å². The number of methoxy groups -OCH3 is 1. The number of carbonyl (C=O) groups excluding carboxylic acids is 1. The van der Waals surface area contributed by atoms with Crippen LogP contribution in [0.4, 0.5) is 5.69 Å². The third-order valence-electron chi connectivity index (χ3n) is 4.11. The summed E-state index contributed by atoms with van der Waals surface area (Å²) >= 11 is 0. The van der Waals surface area contributed by atoms with E-state index >= 15 is 0 Å². The minimum absolute atomic E-state index is 0.125. The Hall–Kier alpha value is -1.51. The topological polar surface area (TPSA) is 29.5 Å². The maximum atomic E-state index is 11.1. The Morgan fingerprint density at radius 1 is 1.44 bits per heavy atom. The summed E-state index contributed by atoms with van der Waals surface area (Å²) in [6, 6.07) is 3.95. The number of benzene rings is 1. The molecule has 1 heterocycles. The number of aldehydes is 1. The van der Waals surface area contributed by atoms with Gasteiger partial charge < -0.3 is 9.64 Å². The molecule has 3 nitrogen and oxygen atoms in total. The maximum absolute atomic E-state index is 11.1. The fourth-order valence-electron chi connectivity index (χ4n) is 2.88. The van der Waals surface area contributed by atoms with Crippen LogP contribution in [0.2, 0.25) is 0 Å². The highest BCUT2D eigenvalue weighted by atomic mass is 16.5. The molecule has 0 fully saturated rings. The van der Waals surface area contributed by atoms with Crippen molar-refractivity contribution in [3.05, 3.63) is 23.3 Å². The first-order valence-corrected chi connectivity index (χ1v) is 6.31. The molecule has 1 atom stereocenters. The number of anilines is 1. The molecule has 2 rings (SSSR count). The molecular weight excluding hydrogens is 226 g/mol. The van der Waals surface area contributed by atoms with Crippen molar-refractivity contribution in [2.45, 2.75) is 38.6 Å². The van der Waals surface area contributed by atoms with Crippen molar-refractivity contribution in [3.8, 4) is 5.75 Å². The zero-order chi connectivity index (χ0) is 13.5. The molecule has 0 radical (unpaired) electrons. The first-order valence-electron chi connectivity index (χ1n) is 6.31. The van der Waals surface area contributed by atoms with Crippen molar-refractivity contribution >= 4 is 12.0 Å². The summed E-state index contributed by atoms with van der Waals surface area (Å²) in [5.74, 6) is 1.11. The summed E-state index contributed by atoms with van der Waals surface area (Å²) in [4.78, 5) is 13.4. The minimum atomic E-state index is 0.125. The highest BCUT2D eigenvalue weighted by Crippen LogP contribution is 2.44. The average molecular weight is 247 g/mol. The summed E-state index contributed by atoms with van der Waals surface area (Å²) in [6.45, 7) is 6.70. The summed E-state index contributed by atoms with van der Waals surface area (Å²) in [7, 11) is 3.71. The van der Waals surface area contributed by atoms with E-state index in [1.54, 1.807) is 7.11 Å². The second-order valence-corrected chi connectivity index (χ2v) is 5.75. The quantitative estimate of drug-likeness (QED) is 0.751. The number of rotatable bonds is 2. The van der Waals surface area contributed by atoms with Gasteiger partial charge in [-0.25, -0.2) is 0 Å². The SMILES string of the molecule is COc1cc2c(cc1C=O)C(C)CC(C)(C)N2C. The van der Waals surface area contributed by atoms with Crippen LogP contribution in [-0.4, -0.2) is 26.0 Å². The molecule has 1 unspecified atom stereocenters. The maximum Gasteiger partial charge on any atom is 0.153 e. The van der Waals surface area contributed by atoms with Gasteiger partial charge in [0.2, 0.25) is 0 Å². The van der Waals surface area contributed by atoms with E-state index in [-0.39, 0.29) is 5.54 Å². The van der Waals surface area contributed by atoms with Gasteiger partial charge in [0, 0.05) is 24.3 Å². The van der Waals surface area contributed by atoms with Gasteiger partial charge in [-0.1, -0.05) is 6.92 Å². The van der Waals surface area contributed by atoms with Crippen LogP contribution in [0, 0.1) is 0 Å². The van der Waals surface area contributed by atoms with Crippen molar-refractivity contribution < 1.29 is 9.53 Å². The standard InChI is InChI=1S/C15H21NO2/c1-10-8-15(2,3)16(4)13-7-14(18-5)11(9-17)6-12(10)13/h6-7,9-10H,8H2,1-5H3. The van der Waals surface area contributed by atoms with Gasteiger partial charge in [-0.3, -0.25) is 4.79 Å². The van der Waals surface area contributed by atoms with Crippen molar-refractivity contribution in [2.24, 2.45) is 0 Å². The largest absolute Gasteiger partial charge is 0.496 e. The summed E-state index contributed by atoms with van der Waals surface area (Å²) in [5, 5.41) is 0. The lowest BCUT2D eigenvalue weighted by Crippen LogP contribution is -2.45. The summed E-state index contributed by atoms with van der Waals surface area (Å²) in [5.41, 5.74) is 3.16. The Balaban J connectivity index is 2.62. The first kappa shape index (κ1) is 12.9. The summed E-state index contributed by atoms with van der Waals surface area (Å²) in [6.07, 6.45) is 1.95. The van der Waals surface area contributed by atoms with Crippen LogP contribution >= 0.6 is 0 Å². The predicted octanol–water partition coefficient (Wildman–Crippen LogP) is 3.23. The molecule has 0 spiro atoms. The molecule has 1 aliphatic heterocycles. The molecule has 0 saturated heterocycles. The lowest BCUT2D eigenvalue weighted by Gasteiger charge is -2.45. The second-order valence-electron chi connectivity index (χ2n) is 5.75. The van der Waals surface area contributed by atoms with Gasteiger partial charge in [0.15, 0.2) is 6.29 Å². The van der Waals surface area contributed by atoms with Gasteiger partial charge in [0.1, 0.15) is 5.75 Å². The van der Waals surface area contributed by atoms with E-state index < -0.39 is 0 Å². The Labute approximate surface area is 109 Å². The second kappa shape index (κ2) is 4.30. The molecule has 0 aliphatic carbocycles. The van der Waals surface area contributed by atoms with Gasteiger partial charge in [0.25, 0.3) is 0 Å².